The number of nitrogens with zero attached hydrogens (tertiary/aromatic N) is 3. The highest BCUT2D eigenvalue weighted by Gasteiger charge is 2.09. The Morgan fingerprint density at radius 1 is 1.35 bits per heavy atom. The van der Waals surface area contributed by atoms with Gasteiger partial charge in [0.2, 0.25) is 0 Å². The average molecular weight is 277 g/mol. The molecule has 0 aliphatic rings. The lowest BCUT2D eigenvalue weighted by molar-refractivity contribution is 0.520. The van der Waals surface area contributed by atoms with Crippen molar-refractivity contribution in [2.45, 2.75) is 53.0 Å². The molecule has 0 saturated carbocycles. The number of anilines is 1. The normalized spacial score (nSPS) is 13.1. The second-order valence-corrected chi connectivity index (χ2v) is 5.78. The van der Waals surface area contributed by atoms with Gasteiger partial charge in [-0.3, -0.25) is 0 Å². The highest BCUT2D eigenvalue weighted by molar-refractivity contribution is 5.49. The zero-order valence-corrected chi connectivity index (χ0v) is 12.6. The maximum Gasteiger partial charge on any atom is 0.349 e. The van der Waals surface area contributed by atoms with Crippen LogP contribution in [0.5, 0.6) is 0 Å². The molecule has 6 heteroatoms. The molecule has 110 valence electrons. The molecule has 0 spiro atoms. The summed E-state index contributed by atoms with van der Waals surface area (Å²) in [5, 5.41) is 9.79. The lowest BCUT2D eigenvalue weighted by Gasteiger charge is -2.15. The van der Waals surface area contributed by atoms with Gasteiger partial charge in [-0.15, -0.1) is 0 Å². The molecule has 0 aliphatic carbocycles. The molecule has 0 fully saturated rings. The van der Waals surface area contributed by atoms with E-state index >= 15 is 0 Å². The Morgan fingerprint density at radius 2 is 2.10 bits per heavy atom. The SMILES string of the molecule is Cc1nc(NC(C)CCCC(C)C)cc2n[nH]c(=O)n12. The lowest BCUT2D eigenvalue weighted by atomic mass is 10.0. The van der Waals surface area contributed by atoms with Gasteiger partial charge in [0.15, 0.2) is 5.65 Å². The molecule has 20 heavy (non-hydrogen) atoms. The van der Waals surface area contributed by atoms with Crippen molar-refractivity contribution >= 4 is 11.5 Å². The van der Waals surface area contributed by atoms with Crippen molar-refractivity contribution in [3.8, 4) is 0 Å². The molecule has 0 aliphatic heterocycles. The molecule has 0 saturated heterocycles. The predicted octanol–water partition coefficient (Wildman–Crippen LogP) is 2.35. The molecular formula is C14H23N5O. The van der Waals surface area contributed by atoms with Crippen molar-refractivity contribution in [1.82, 2.24) is 19.6 Å². The first-order valence-corrected chi connectivity index (χ1v) is 7.18. The van der Waals surface area contributed by atoms with Gasteiger partial charge in [-0.25, -0.2) is 19.3 Å². The average Bonchev–Trinajstić information content (AvgIpc) is 2.70. The Morgan fingerprint density at radius 3 is 2.80 bits per heavy atom. The molecule has 0 amide bonds. The smallest absolute Gasteiger partial charge is 0.349 e. The minimum atomic E-state index is -0.249. The fourth-order valence-electron chi connectivity index (χ4n) is 2.33. The van der Waals surface area contributed by atoms with Crippen molar-refractivity contribution in [3.63, 3.8) is 0 Å². The monoisotopic (exact) mass is 277 g/mol. The third-order valence-electron chi connectivity index (χ3n) is 3.38. The molecule has 2 heterocycles. The summed E-state index contributed by atoms with van der Waals surface area (Å²) in [6, 6.07) is 2.15. The molecule has 1 atom stereocenters. The number of aromatic amines is 1. The van der Waals surface area contributed by atoms with E-state index in [2.05, 4.69) is 41.3 Å². The molecular weight excluding hydrogens is 254 g/mol. The van der Waals surface area contributed by atoms with Crippen LogP contribution < -0.4 is 11.0 Å². The fourth-order valence-corrected chi connectivity index (χ4v) is 2.33. The van der Waals surface area contributed by atoms with Crippen LogP contribution in [0.2, 0.25) is 0 Å². The van der Waals surface area contributed by atoms with E-state index < -0.39 is 0 Å². The van der Waals surface area contributed by atoms with E-state index in [1.165, 1.54) is 17.2 Å². The Labute approximate surface area is 118 Å². The Balaban J connectivity index is 2.04. The van der Waals surface area contributed by atoms with Gasteiger partial charge in [0.05, 0.1) is 0 Å². The number of aryl methyl sites for hydroxylation is 1. The van der Waals surface area contributed by atoms with Crippen LogP contribution in [0.15, 0.2) is 10.9 Å². The standard InChI is InChI=1S/C14H23N5O/c1-9(2)6-5-7-10(3)15-12-8-13-17-18-14(20)19(13)11(4)16-12/h8-10,15H,5-7H2,1-4H3,(H,18,20). The van der Waals surface area contributed by atoms with Gasteiger partial charge in [-0.2, -0.15) is 5.10 Å². The van der Waals surface area contributed by atoms with Gasteiger partial charge in [0, 0.05) is 12.1 Å². The first kappa shape index (κ1) is 14.6. The zero-order valence-electron chi connectivity index (χ0n) is 12.6. The maximum atomic E-state index is 11.5. The molecule has 0 bridgehead atoms. The van der Waals surface area contributed by atoms with E-state index in [0.29, 0.717) is 17.5 Å². The summed E-state index contributed by atoms with van der Waals surface area (Å²) in [6.45, 7) is 8.44. The second-order valence-electron chi connectivity index (χ2n) is 5.78. The van der Waals surface area contributed by atoms with Crippen LogP contribution in [0.1, 0.15) is 45.9 Å². The van der Waals surface area contributed by atoms with Gasteiger partial charge < -0.3 is 5.32 Å². The second kappa shape index (κ2) is 6.07. The summed E-state index contributed by atoms with van der Waals surface area (Å²) in [5.41, 5.74) is 0.348. The Bertz CT molecular complexity index is 628. The van der Waals surface area contributed by atoms with Crippen LogP contribution in [0.25, 0.3) is 5.65 Å². The molecule has 1 unspecified atom stereocenters. The summed E-state index contributed by atoms with van der Waals surface area (Å²) in [6.07, 6.45) is 3.55. The van der Waals surface area contributed by atoms with Gasteiger partial charge in [0.1, 0.15) is 11.6 Å². The fraction of sp³-hybridized carbons (Fsp3) is 0.643. The molecule has 2 aromatic heterocycles. The topological polar surface area (TPSA) is 75.1 Å². The number of H-pyrrole nitrogens is 1. The number of hydrogen-bond donors (Lipinski definition) is 2. The Kier molecular flexibility index (Phi) is 4.42. The van der Waals surface area contributed by atoms with Gasteiger partial charge in [-0.1, -0.05) is 26.7 Å². The molecule has 2 N–H and O–H groups in total. The largest absolute Gasteiger partial charge is 0.367 e. The summed E-state index contributed by atoms with van der Waals surface area (Å²) in [5.74, 6) is 2.15. The van der Waals surface area contributed by atoms with Crippen molar-refractivity contribution in [2.75, 3.05) is 5.32 Å². The third kappa shape index (κ3) is 3.37. The summed E-state index contributed by atoms with van der Waals surface area (Å²) in [7, 11) is 0. The highest BCUT2D eigenvalue weighted by Crippen LogP contribution is 2.13. The van der Waals surface area contributed by atoms with Crippen LogP contribution in [0.3, 0.4) is 0 Å². The number of rotatable bonds is 6. The minimum absolute atomic E-state index is 0.249. The molecule has 0 radical (unpaired) electrons. The van der Waals surface area contributed by atoms with E-state index in [1.807, 2.05) is 0 Å². The van der Waals surface area contributed by atoms with Gasteiger partial charge in [0.25, 0.3) is 0 Å². The third-order valence-corrected chi connectivity index (χ3v) is 3.38. The number of nitrogens with one attached hydrogen (secondary N) is 2. The van der Waals surface area contributed by atoms with Crippen LogP contribution >= 0.6 is 0 Å². The van der Waals surface area contributed by atoms with Crippen LogP contribution in [0.4, 0.5) is 5.82 Å². The van der Waals surface area contributed by atoms with Crippen LogP contribution in [-0.4, -0.2) is 25.6 Å². The molecule has 6 nitrogen and oxygen atoms in total. The van der Waals surface area contributed by atoms with Crippen LogP contribution in [-0.2, 0) is 0 Å². The van der Waals surface area contributed by atoms with E-state index in [1.54, 1.807) is 13.0 Å². The Hall–Kier alpha value is -1.85. The minimum Gasteiger partial charge on any atom is -0.367 e. The molecule has 0 aromatic carbocycles. The number of hydrogen-bond acceptors (Lipinski definition) is 4. The summed E-state index contributed by atoms with van der Waals surface area (Å²) >= 11 is 0. The molecule has 2 rings (SSSR count). The van der Waals surface area contributed by atoms with Crippen molar-refractivity contribution in [3.05, 3.63) is 22.4 Å². The van der Waals surface area contributed by atoms with Gasteiger partial charge >= 0.3 is 5.69 Å². The van der Waals surface area contributed by atoms with E-state index in [-0.39, 0.29) is 5.69 Å². The summed E-state index contributed by atoms with van der Waals surface area (Å²) in [4.78, 5) is 15.9. The number of fused-ring (bicyclic) bond motifs is 1. The zero-order chi connectivity index (χ0) is 14.7. The predicted molar refractivity (Wildman–Crippen MR) is 80.1 cm³/mol. The quantitative estimate of drug-likeness (QED) is 0.850. The van der Waals surface area contributed by atoms with E-state index in [0.717, 1.165) is 18.2 Å². The van der Waals surface area contributed by atoms with E-state index in [9.17, 15) is 4.79 Å². The van der Waals surface area contributed by atoms with E-state index in [4.69, 9.17) is 0 Å². The van der Waals surface area contributed by atoms with Crippen molar-refractivity contribution < 1.29 is 0 Å². The highest BCUT2D eigenvalue weighted by atomic mass is 16.1. The first-order chi connectivity index (χ1) is 9.47. The summed E-state index contributed by atoms with van der Waals surface area (Å²) < 4.78 is 1.47. The van der Waals surface area contributed by atoms with Crippen molar-refractivity contribution in [2.24, 2.45) is 5.92 Å². The van der Waals surface area contributed by atoms with Crippen molar-refractivity contribution in [1.29, 1.82) is 0 Å². The maximum absolute atomic E-state index is 11.5. The first-order valence-electron chi connectivity index (χ1n) is 7.18. The van der Waals surface area contributed by atoms with Crippen LogP contribution in [0, 0.1) is 12.8 Å². The number of aromatic nitrogens is 4. The van der Waals surface area contributed by atoms with Gasteiger partial charge in [-0.05, 0) is 26.2 Å². The molecule has 2 aromatic rings. The lowest BCUT2D eigenvalue weighted by Crippen LogP contribution is -2.18.